The summed E-state index contributed by atoms with van der Waals surface area (Å²) >= 11 is 1.12. The highest BCUT2D eigenvalue weighted by Gasteiger charge is 2.42. The molecule has 1 atom stereocenters. The SMILES string of the molecule is O=C(c1cnc(-c2ccco2)s1)N1CCC[C@H](C(F)(F)F)C1. The third-order valence-corrected chi connectivity index (χ3v) is 4.62. The van der Waals surface area contributed by atoms with E-state index in [9.17, 15) is 18.0 Å². The summed E-state index contributed by atoms with van der Waals surface area (Å²) in [6.07, 6.45) is -0.932. The zero-order valence-electron chi connectivity index (χ0n) is 11.5. The predicted octanol–water partition coefficient (Wildman–Crippen LogP) is 3.82. The van der Waals surface area contributed by atoms with Crippen LogP contribution < -0.4 is 0 Å². The first-order valence-electron chi connectivity index (χ1n) is 6.81. The van der Waals surface area contributed by atoms with Crippen LogP contribution in [0.3, 0.4) is 0 Å². The zero-order chi connectivity index (χ0) is 15.7. The second-order valence-electron chi connectivity index (χ2n) is 5.14. The van der Waals surface area contributed by atoms with Gasteiger partial charge in [-0.2, -0.15) is 13.2 Å². The van der Waals surface area contributed by atoms with E-state index in [1.807, 2.05) is 0 Å². The Morgan fingerprint density at radius 1 is 1.45 bits per heavy atom. The molecule has 3 heterocycles. The number of aromatic nitrogens is 1. The maximum atomic E-state index is 12.8. The smallest absolute Gasteiger partial charge is 0.393 e. The molecule has 1 amide bonds. The van der Waals surface area contributed by atoms with Gasteiger partial charge in [0.05, 0.1) is 18.4 Å². The maximum absolute atomic E-state index is 12.8. The third kappa shape index (κ3) is 3.01. The number of carbonyl (C=O) groups is 1. The van der Waals surface area contributed by atoms with Crippen molar-refractivity contribution in [1.29, 1.82) is 0 Å². The van der Waals surface area contributed by atoms with Gasteiger partial charge in [-0.3, -0.25) is 4.79 Å². The Labute approximate surface area is 128 Å². The van der Waals surface area contributed by atoms with Gasteiger partial charge in [-0.05, 0) is 25.0 Å². The van der Waals surface area contributed by atoms with Crippen LogP contribution in [0.2, 0.25) is 0 Å². The number of rotatable bonds is 2. The van der Waals surface area contributed by atoms with Gasteiger partial charge in [0.2, 0.25) is 0 Å². The van der Waals surface area contributed by atoms with Crippen LogP contribution in [0.5, 0.6) is 0 Å². The highest BCUT2D eigenvalue weighted by atomic mass is 32.1. The normalized spacial score (nSPS) is 19.4. The van der Waals surface area contributed by atoms with Gasteiger partial charge < -0.3 is 9.32 Å². The maximum Gasteiger partial charge on any atom is 0.393 e. The highest BCUT2D eigenvalue weighted by molar-refractivity contribution is 7.16. The van der Waals surface area contributed by atoms with Gasteiger partial charge >= 0.3 is 6.18 Å². The van der Waals surface area contributed by atoms with Crippen LogP contribution in [0.1, 0.15) is 22.5 Å². The number of amides is 1. The van der Waals surface area contributed by atoms with Gasteiger partial charge in [0.25, 0.3) is 5.91 Å². The van der Waals surface area contributed by atoms with Crippen molar-refractivity contribution < 1.29 is 22.4 Å². The number of carbonyl (C=O) groups excluding carboxylic acids is 1. The van der Waals surface area contributed by atoms with Crippen LogP contribution in [-0.4, -0.2) is 35.1 Å². The Morgan fingerprint density at radius 2 is 2.27 bits per heavy atom. The molecule has 3 rings (SSSR count). The lowest BCUT2D eigenvalue weighted by Crippen LogP contribution is -2.44. The van der Waals surface area contributed by atoms with Gasteiger partial charge in [0.1, 0.15) is 4.88 Å². The van der Waals surface area contributed by atoms with Crippen LogP contribution in [-0.2, 0) is 0 Å². The van der Waals surface area contributed by atoms with E-state index in [1.165, 1.54) is 17.4 Å². The highest BCUT2D eigenvalue weighted by Crippen LogP contribution is 2.34. The van der Waals surface area contributed by atoms with Crippen LogP contribution in [0.25, 0.3) is 10.8 Å². The Hall–Kier alpha value is -1.83. The van der Waals surface area contributed by atoms with Gasteiger partial charge in [-0.15, -0.1) is 11.3 Å². The molecule has 0 bridgehead atoms. The first-order chi connectivity index (χ1) is 10.4. The van der Waals surface area contributed by atoms with Gasteiger partial charge in [-0.25, -0.2) is 4.98 Å². The molecule has 0 aliphatic carbocycles. The molecule has 8 heteroatoms. The van der Waals surface area contributed by atoms with Crippen molar-refractivity contribution in [3.63, 3.8) is 0 Å². The van der Waals surface area contributed by atoms with Crippen molar-refractivity contribution in [2.75, 3.05) is 13.1 Å². The number of hydrogen-bond acceptors (Lipinski definition) is 4. The van der Waals surface area contributed by atoms with Crippen molar-refractivity contribution in [3.8, 4) is 10.8 Å². The lowest BCUT2D eigenvalue weighted by Gasteiger charge is -2.33. The molecular formula is C14H13F3N2O2S. The number of alkyl halides is 3. The average molecular weight is 330 g/mol. The molecule has 0 spiro atoms. The Balaban J connectivity index is 1.74. The number of halogens is 3. The molecule has 2 aromatic heterocycles. The molecular weight excluding hydrogens is 317 g/mol. The lowest BCUT2D eigenvalue weighted by molar-refractivity contribution is -0.184. The van der Waals surface area contributed by atoms with E-state index < -0.39 is 18.0 Å². The summed E-state index contributed by atoms with van der Waals surface area (Å²) in [5.41, 5.74) is 0. The van der Waals surface area contributed by atoms with Crippen molar-refractivity contribution in [3.05, 3.63) is 29.5 Å². The number of likely N-dealkylation sites (tertiary alicyclic amines) is 1. The minimum absolute atomic E-state index is 0.0770. The van der Waals surface area contributed by atoms with E-state index in [2.05, 4.69) is 4.98 Å². The fraction of sp³-hybridized carbons (Fsp3) is 0.429. The molecule has 4 nitrogen and oxygen atoms in total. The van der Waals surface area contributed by atoms with E-state index in [-0.39, 0.29) is 13.0 Å². The molecule has 0 unspecified atom stereocenters. The van der Waals surface area contributed by atoms with Gasteiger partial charge in [0, 0.05) is 13.1 Å². The quantitative estimate of drug-likeness (QED) is 0.841. The molecule has 0 radical (unpaired) electrons. The van der Waals surface area contributed by atoms with Crippen LogP contribution in [0, 0.1) is 5.92 Å². The summed E-state index contributed by atoms with van der Waals surface area (Å²) in [6, 6.07) is 3.42. The first-order valence-corrected chi connectivity index (χ1v) is 7.62. The van der Waals surface area contributed by atoms with E-state index >= 15 is 0 Å². The largest absolute Gasteiger partial charge is 0.462 e. The van der Waals surface area contributed by atoms with E-state index in [4.69, 9.17) is 4.42 Å². The summed E-state index contributed by atoms with van der Waals surface area (Å²) in [7, 11) is 0. The summed E-state index contributed by atoms with van der Waals surface area (Å²) in [6.45, 7) is 0.0652. The lowest BCUT2D eigenvalue weighted by atomic mass is 9.97. The Kier molecular flexibility index (Phi) is 3.94. The van der Waals surface area contributed by atoms with Crippen molar-refractivity contribution >= 4 is 17.2 Å². The molecule has 118 valence electrons. The third-order valence-electron chi connectivity index (χ3n) is 3.62. The van der Waals surface area contributed by atoms with Gasteiger partial charge in [-0.1, -0.05) is 0 Å². The Bertz CT molecular complexity index is 651. The van der Waals surface area contributed by atoms with E-state index in [0.29, 0.717) is 28.6 Å². The topological polar surface area (TPSA) is 46.3 Å². The summed E-state index contributed by atoms with van der Waals surface area (Å²) in [5.74, 6) is -1.30. The molecule has 22 heavy (non-hydrogen) atoms. The molecule has 1 fully saturated rings. The minimum atomic E-state index is -4.26. The molecule has 2 aromatic rings. The van der Waals surface area contributed by atoms with E-state index in [1.54, 1.807) is 12.1 Å². The molecule has 0 aromatic carbocycles. The molecule has 1 saturated heterocycles. The minimum Gasteiger partial charge on any atom is -0.462 e. The Morgan fingerprint density at radius 3 is 2.95 bits per heavy atom. The molecule has 0 N–H and O–H groups in total. The molecule has 1 aliphatic rings. The average Bonchev–Trinajstić information content (AvgIpc) is 3.16. The van der Waals surface area contributed by atoms with Crippen LogP contribution in [0.4, 0.5) is 13.2 Å². The van der Waals surface area contributed by atoms with Gasteiger partial charge in [0.15, 0.2) is 10.8 Å². The standard InChI is InChI=1S/C14H13F3N2O2S/c15-14(16,17)9-3-1-5-19(8-9)13(20)11-7-18-12(22-11)10-4-2-6-21-10/h2,4,6-7,9H,1,3,5,8H2/t9-/m0/s1. The summed E-state index contributed by atoms with van der Waals surface area (Å²) in [5, 5.41) is 0.540. The van der Waals surface area contributed by atoms with Crippen molar-refractivity contribution in [2.24, 2.45) is 5.92 Å². The van der Waals surface area contributed by atoms with Crippen LogP contribution >= 0.6 is 11.3 Å². The van der Waals surface area contributed by atoms with Crippen molar-refractivity contribution in [2.45, 2.75) is 19.0 Å². The number of piperidine rings is 1. The van der Waals surface area contributed by atoms with Crippen LogP contribution in [0.15, 0.2) is 29.0 Å². The van der Waals surface area contributed by atoms with Crippen molar-refractivity contribution in [1.82, 2.24) is 9.88 Å². The number of hydrogen-bond donors (Lipinski definition) is 0. The second-order valence-corrected chi connectivity index (χ2v) is 6.17. The summed E-state index contributed by atoms with van der Waals surface area (Å²) < 4.78 is 43.6. The zero-order valence-corrected chi connectivity index (χ0v) is 12.3. The summed E-state index contributed by atoms with van der Waals surface area (Å²) in [4.78, 5) is 18.0. The molecule has 0 saturated carbocycles. The fourth-order valence-electron chi connectivity index (χ4n) is 2.47. The monoisotopic (exact) mass is 330 g/mol. The fourth-order valence-corrected chi connectivity index (χ4v) is 3.32. The number of nitrogens with zero attached hydrogens (tertiary/aromatic N) is 2. The predicted molar refractivity (Wildman–Crippen MR) is 74.5 cm³/mol. The second kappa shape index (κ2) is 5.75. The first kappa shape index (κ1) is 15.1. The number of thiazole rings is 1. The molecule has 1 aliphatic heterocycles. The van der Waals surface area contributed by atoms with E-state index in [0.717, 1.165) is 11.3 Å². The number of furan rings is 1.